The average molecular weight is 310 g/mol. The van der Waals surface area contributed by atoms with E-state index in [2.05, 4.69) is 0 Å². The number of primary amides is 1. The second-order valence-corrected chi connectivity index (χ2v) is 4.88. The number of benzene rings is 2. The molecule has 3 rings (SSSR count). The van der Waals surface area contributed by atoms with Gasteiger partial charge in [0.15, 0.2) is 11.5 Å². The Kier molecular flexibility index (Phi) is 3.50. The van der Waals surface area contributed by atoms with Crippen molar-refractivity contribution < 1.29 is 18.8 Å². The SMILES string of the molecule is NC(=O)/C(=C(/F)c1ccccc1)N1C(=O)c2ccccc2C1=O. The molecule has 3 amide bonds. The van der Waals surface area contributed by atoms with Crippen molar-refractivity contribution in [3.63, 3.8) is 0 Å². The first-order chi connectivity index (χ1) is 11.0. The largest absolute Gasteiger partial charge is 0.364 e. The van der Waals surface area contributed by atoms with Crippen molar-refractivity contribution in [3.05, 3.63) is 77.0 Å². The van der Waals surface area contributed by atoms with Crippen LogP contribution in [0.3, 0.4) is 0 Å². The van der Waals surface area contributed by atoms with Crippen molar-refractivity contribution >= 4 is 23.5 Å². The van der Waals surface area contributed by atoms with Gasteiger partial charge in [-0.2, -0.15) is 0 Å². The fourth-order valence-corrected chi connectivity index (χ4v) is 2.43. The summed E-state index contributed by atoms with van der Waals surface area (Å²) in [5.74, 6) is -3.76. The Morgan fingerprint density at radius 1 is 0.870 bits per heavy atom. The first-order valence-corrected chi connectivity index (χ1v) is 6.75. The Balaban J connectivity index is 2.17. The summed E-state index contributed by atoms with van der Waals surface area (Å²) in [5, 5.41) is 0. The Hall–Kier alpha value is -3.28. The first-order valence-electron chi connectivity index (χ1n) is 6.75. The molecule has 1 aliphatic heterocycles. The average Bonchev–Trinajstić information content (AvgIpc) is 2.81. The van der Waals surface area contributed by atoms with Crippen molar-refractivity contribution in [3.8, 4) is 0 Å². The van der Waals surface area contributed by atoms with E-state index >= 15 is 0 Å². The molecule has 1 heterocycles. The van der Waals surface area contributed by atoms with Gasteiger partial charge in [0.25, 0.3) is 17.7 Å². The van der Waals surface area contributed by atoms with Gasteiger partial charge in [-0.1, -0.05) is 42.5 Å². The zero-order valence-corrected chi connectivity index (χ0v) is 11.8. The minimum atomic E-state index is -1.19. The predicted molar refractivity (Wildman–Crippen MR) is 80.6 cm³/mol. The van der Waals surface area contributed by atoms with E-state index in [0.717, 1.165) is 0 Å². The molecule has 5 nitrogen and oxygen atoms in total. The number of nitrogens with two attached hydrogens (primary N) is 1. The number of imide groups is 1. The van der Waals surface area contributed by atoms with Gasteiger partial charge >= 0.3 is 0 Å². The zero-order chi connectivity index (χ0) is 16.6. The number of carbonyl (C=O) groups excluding carboxylic acids is 3. The standard InChI is InChI=1S/C17H11FN2O3/c18-13(10-6-2-1-3-7-10)14(15(19)21)20-16(22)11-8-4-5-9-12(11)17(20)23/h1-9H,(H2,19,21)/b14-13-. The van der Waals surface area contributed by atoms with Gasteiger partial charge in [0, 0.05) is 5.56 Å². The van der Waals surface area contributed by atoms with Crippen LogP contribution < -0.4 is 5.73 Å². The molecule has 2 aromatic rings. The zero-order valence-electron chi connectivity index (χ0n) is 11.8. The second-order valence-electron chi connectivity index (χ2n) is 4.88. The molecule has 6 heteroatoms. The third-order valence-corrected chi connectivity index (χ3v) is 3.49. The van der Waals surface area contributed by atoms with Gasteiger partial charge in [-0.15, -0.1) is 0 Å². The van der Waals surface area contributed by atoms with Gasteiger partial charge in [-0.25, -0.2) is 9.29 Å². The van der Waals surface area contributed by atoms with Crippen LogP contribution in [0.25, 0.3) is 5.83 Å². The summed E-state index contributed by atoms with van der Waals surface area (Å²) in [7, 11) is 0. The highest BCUT2D eigenvalue weighted by molar-refractivity contribution is 6.25. The second kappa shape index (κ2) is 5.49. The Morgan fingerprint density at radius 3 is 1.83 bits per heavy atom. The van der Waals surface area contributed by atoms with Crippen molar-refractivity contribution in [1.82, 2.24) is 4.90 Å². The molecule has 0 bridgehead atoms. The van der Waals surface area contributed by atoms with Gasteiger partial charge in [-0.05, 0) is 12.1 Å². The van der Waals surface area contributed by atoms with E-state index < -0.39 is 29.2 Å². The fraction of sp³-hybridized carbons (Fsp3) is 0. The third kappa shape index (κ3) is 2.30. The minimum absolute atomic E-state index is 0.0536. The molecule has 114 valence electrons. The number of hydrogen-bond acceptors (Lipinski definition) is 3. The summed E-state index contributed by atoms with van der Waals surface area (Å²) < 4.78 is 14.7. The van der Waals surface area contributed by atoms with E-state index in [0.29, 0.717) is 4.90 Å². The number of fused-ring (bicyclic) bond motifs is 1. The first kappa shape index (κ1) is 14.6. The lowest BCUT2D eigenvalue weighted by Crippen LogP contribution is -2.36. The highest BCUT2D eigenvalue weighted by atomic mass is 19.1. The highest BCUT2D eigenvalue weighted by Gasteiger charge is 2.41. The summed E-state index contributed by atoms with van der Waals surface area (Å²) in [5.41, 5.74) is 4.74. The van der Waals surface area contributed by atoms with E-state index in [4.69, 9.17) is 5.73 Å². The third-order valence-electron chi connectivity index (χ3n) is 3.49. The Labute approximate surface area is 130 Å². The minimum Gasteiger partial charge on any atom is -0.364 e. The predicted octanol–water partition coefficient (Wildman–Crippen LogP) is 2.11. The number of nitrogens with zero attached hydrogens (tertiary/aromatic N) is 1. The van der Waals surface area contributed by atoms with Crippen LogP contribution in [0.4, 0.5) is 4.39 Å². The Morgan fingerprint density at radius 2 is 1.35 bits per heavy atom. The maximum absolute atomic E-state index is 14.7. The summed E-state index contributed by atoms with van der Waals surface area (Å²) in [6.07, 6.45) is 0. The van der Waals surface area contributed by atoms with Crippen LogP contribution in [0.15, 0.2) is 60.3 Å². The van der Waals surface area contributed by atoms with E-state index in [-0.39, 0.29) is 16.7 Å². The molecule has 0 fully saturated rings. The maximum Gasteiger partial charge on any atom is 0.268 e. The summed E-state index contributed by atoms with van der Waals surface area (Å²) >= 11 is 0. The highest BCUT2D eigenvalue weighted by Crippen LogP contribution is 2.30. The van der Waals surface area contributed by atoms with Gasteiger partial charge in [-0.3, -0.25) is 14.4 Å². The molecule has 1 aliphatic rings. The molecule has 0 aromatic heterocycles. The number of amides is 3. The van der Waals surface area contributed by atoms with Crippen LogP contribution in [0, 0.1) is 0 Å². The van der Waals surface area contributed by atoms with Crippen molar-refractivity contribution in [2.24, 2.45) is 5.73 Å². The molecule has 0 unspecified atom stereocenters. The topological polar surface area (TPSA) is 80.5 Å². The monoisotopic (exact) mass is 310 g/mol. The molecule has 0 atom stereocenters. The van der Waals surface area contributed by atoms with Crippen LogP contribution in [0.1, 0.15) is 26.3 Å². The normalized spacial score (nSPS) is 14.6. The molecule has 0 spiro atoms. The lowest BCUT2D eigenvalue weighted by molar-refractivity contribution is -0.115. The van der Waals surface area contributed by atoms with Gasteiger partial charge < -0.3 is 5.73 Å². The lowest BCUT2D eigenvalue weighted by Gasteiger charge is -2.16. The van der Waals surface area contributed by atoms with Crippen molar-refractivity contribution in [1.29, 1.82) is 0 Å². The van der Waals surface area contributed by atoms with Gasteiger partial charge in [0.1, 0.15) is 0 Å². The van der Waals surface area contributed by atoms with Crippen LogP contribution in [-0.4, -0.2) is 22.6 Å². The molecule has 0 saturated carbocycles. The van der Waals surface area contributed by atoms with E-state index in [9.17, 15) is 18.8 Å². The van der Waals surface area contributed by atoms with Gasteiger partial charge in [0.2, 0.25) is 0 Å². The number of rotatable bonds is 3. The molecule has 0 saturated heterocycles. The fourth-order valence-electron chi connectivity index (χ4n) is 2.43. The molecule has 2 N–H and O–H groups in total. The van der Waals surface area contributed by atoms with E-state index in [1.165, 1.54) is 24.3 Å². The number of carbonyl (C=O) groups is 3. The van der Waals surface area contributed by atoms with Crippen LogP contribution in [-0.2, 0) is 4.79 Å². The quantitative estimate of drug-likeness (QED) is 0.696. The van der Waals surface area contributed by atoms with Gasteiger partial charge in [0.05, 0.1) is 11.1 Å². The smallest absolute Gasteiger partial charge is 0.268 e. The summed E-state index contributed by atoms with van der Waals surface area (Å²) in [6, 6.07) is 13.7. The number of hydrogen-bond donors (Lipinski definition) is 1. The Bertz CT molecular complexity index is 824. The lowest BCUT2D eigenvalue weighted by atomic mass is 10.1. The summed E-state index contributed by atoms with van der Waals surface area (Å²) in [6.45, 7) is 0. The van der Waals surface area contributed by atoms with E-state index in [1.54, 1.807) is 30.3 Å². The molecule has 0 radical (unpaired) electrons. The van der Waals surface area contributed by atoms with Crippen LogP contribution >= 0.6 is 0 Å². The summed E-state index contributed by atoms with van der Waals surface area (Å²) in [4.78, 5) is 37.0. The molecule has 23 heavy (non-hydrogen) atoms. The molecule has 2 aromatic carbocycles. The molecular formula is C17H11FN2O3. The number of halogens is 1. The maximum atomic E-state index is 14.7. The van der Waals surface area contributed by atoms with Crippen LogP contribution in [0.2, 0.25) is 0 Å². The molecular weight excluding hydrogens is 299 g/mol. The molecule has 0 aliphatic carbocycles. The van der Waals surface area contributed by atoms with Crippen molar-refractivity contribution in [2.45, 2.75) is 0 Å². The van der Waals surface area contributed by atoms with Crippen molar-refractivity contribution in [2.75, 3.05) is 0 Å². The van der Waals surface area contributed by atoms with E-state index in [1.807, 2.05) is 0 Å². The van der Waals surface area contributed by atoms with Crippen LogP contribution in [0.5, 0.6) is 0 Å².